The first kappa shape index (κ1) is 9.97. The molecule has 1 N–H and O–H groups in total. The maximum atomic E-state index is 11.6. The Kier molecular flexibility index (Phi) is 3.24. The molecule has 0 aliphatic heterocycles. The van der Waals surface area contributed by atoms with Crippen LogP contribution in [0, 0.1) is 0 Å². The number of hydrogen-bond acceptors (Lipinski definition) is 4. The Morgan fingerprint density at radius 1 is 1.46 bits per heavy atom. The highest BCUT2D eigenvalue weighted by molar-refractivity contribution is 4.75. The molecule has 0 radical (unpaired) electrons. The normalized spacial score (nSPS) is 11.9. The molecule has 0 unspecified atom stereocenters. The molecule has 7 heteroatoms. The van der Waals surface area contributed by atoms with Crippen LogP contribution in [-0.2, 0) is 6.42 Å². The van der Waals surface area contributed by atoms with Crippen molar-refractivity contribution in [3.63, 3.8) is 0 Å². The van der Waals surface area contributed by atoms with Crippen LogP contribution < -0.4 is 5.32 Å². The Balaban J connectivity index is 2.09. The average Bonchev–Trinajstić information content (AvgIpc) is 2.48. The van der Waals surface area contributed by atoms with Gasteiger partial charge in [-0.05, 0) is 0 Å². The summed E-state index contributed by atoms with van der Waals surface area (Å²) in [7, 11) is 0. The molecule has 0 aliphatic carbocycles. The molecule has 0 bridgehead atoms. The lowest BCUT2D eigenvalue weighted by molar-refractivity contribution is -0.124. The van der Waals surface area contributed by atoms with E-state index >= 15 is 0 Å². The van der Waals surface area contributed by atoms with Crippen LogP contribution in [0.2, 0.25) is 0 Å². The average molecular weight is 195 g/mol. The fourth-order valence-corrected chi connectivity index (χ4v) is 0.732. The highest BCUT2D eigenvalue weighted by Crippen LogP contribution is 2.11. The molecule has 0 atom stereocenters. The molecule has 4 nitrogen and oxygen atoms in total. The van der Waals surface area contributed by atoms with Gasteiger partial charge in [-0.2, -0.15) is 18.2 Å². The van der Waals surface area contributed by atoms with Gasteiger partial charge in [0, 0.05) is 13.0 Å². The number of nitrogens with one attached hydrogen (secondary N) is 1. The molecule has 13 heavy (non-hydrogen) atoms. The van der Waals surface area contributed by atoms with Crippen LogP contribution in [0.4, 0.5) is 13.2 Å². The SMILES string of the molecule is FC(F)(F)CNCCc1ncno1. The van der Waals surface area contributed by atoms with E-state index in [9.17, 15) is 13.2 Å². The van der Waals surface area contributed by atoms with E-state index in [1.807, 2.05) is 0 Å². The number of hydrogen-bond donors (Lipinski definition) is 1. The molecule has 0 amide bonds. The molecule has 1 aromatic rings. The Labute approximate surface area is 72.1 Å². The van der Waals surface area contributed by atoms with Gasteiger partial charge < -0.3 is 9.84 Å². The van der Waals surface area contributed by atoms with Crippen LogP contribution in [0.3, 0.4) is 0 Å². The Morgan fingerprint density at radius 3 is 2.77 bits per heavy atom. The summed E-state index contributed by atoms with van der Waals surface area (Å²) in [6.07, 6.45) is -2.66. The van der Waals surface area contributed by atoms with E-state index in [2.05, 4.69) is 20.0 Å². The summed E-state index contributed by atoms with van der Waals surface area (Å²) in [5.74, 6) is 0.328. The molecule has 0 saturated carbocycles. The topological polar surface area (TPSA) is 51.0 Å². The van der Waals surface area contributed by atoms with Crippen LogP contribution >= 0.6 is 0 Å². The van der Waals surface area contributed by atoms with Crippen LogP contribution in [0.25, 0.3) is 0 Å². The van der Waals surface area contributed by atoms with Gasteiger partial charge >= 0.3 is 6.18 Å². The Bertz CT molecular complexity index is 234. The smallest absolute Gasteiger partial charge is 0.340 e. The minimum atomic E-state index is -4.17. The summed E-state index contributed by atoms with van der Waals surface area (Å²) >= 11 is 0. The summed E-state index contributed by atoms with van der Waals surface area (Å²) in [6, 6.07) is 0. The minimum Gasteiger partial charge on any atom is -0.340 e. The monoisotopic (exact) mass is 195 g/mol. The highest BCUT2D eigenvalue weighted by atomic mass is 19.4. The van der Waals surface area contributed by atoms with Gasteiger partial charge in [0.05, 0.1) is 6.54 Å². The molecule has 0 aliphatic rings. The van der Waals surface area contributed by atoms with Gasteiger partial charge in [-0.15, -0.1) is 0 Å². The largest absolute Gasteiger partial charge is 0.401 e. The summed E-state index contributed by atoms with van der Waals surface area (Å²) < 4.78 is 39.4. The van der Waals surface area contributed by atoms with E-state index in [0.29, 0.717) is 12.3 Å². The second kappa shape index (κ2) is 4.22. The van der Waals surface area contributed by atoms with Crippen LogP contribution in [0.15, 0.2) is 10.9 Å². The van der Waals surface area contributed by atoms with Crippen molar-refractivity contribution in [2.24, 2.45) is 0 Å². The summed E-state index contributed by atoms with van der Waals surface area (Å²) in [4.78, 5) is 3.65. The number of halogens is 3. The van der Waals surface area contributed by atoms with Crippen molar-refractivity contribution in [3.05, 3.63) is 12.2 Å². The van der Waals surface area contributed by atoms with Crippen LogP contribution in [0.5, 0.6) is 0 Å². The standard InChI is InChI=1S/C6H8F3N3O/c7-6(8,9)3-10-2-1-5-11-4-12-13-5/h4,10H,1-3H2. The van der Waals surface area contributed by atoms with Gasteiger partial charge in [0.2, 0.25) is 5.89 Å². The second-order valence-corrected chi connectivity index (χ2v) is 2.38. The number of aromatic nitrogens is 2. The number of alkyl halides is 3. The van der Waals surface area contributed by atoms with E-state index in [-0.39, 0.29) is 6.54 Å². The maximum absolute atomic E-state index is 11.6. The van der Waals surface area contributed by atoms with Gasteiger partial charge in [-0.1, -0.05) is 5.16 Å². The first-order valence-electron chi connectivity index (χ1n) is 3.61. The number of rotatable bonds is 4. The van der Waals surface area contributed by atoms with E-state index in [1.165, 1.54) is 6.33 Å². The second-order valence-electron chi connectivity index (χ2n) is 2.38. The zero-order valence-corrected chi connectivity index (χ0v) is 6.64. The molecule has 0 aromatic carbocycles. The molecule has 0 spiro atoms. The Morgan fingerprint density at radius 2 is 2.23 bits per heavy atom. The third kappa shape index (κ3) is 4.46. The van der Waals surface area contributed by atoms with Gasteiger partial charge in [-0.25, -0.2) is 0 Å². The van der Waals surface area contributed by atoms with Crippen molar-refractivity contribution in [1.82, 2.24) is 15.5 Å². The van der Waals surface area contributed by atoms with Crippen molar-refractivity contribution in [3.8, 4) is 0 Å². The Hall–Kier alpha value is -1.11. The van der Waals surface area contributed by atoms with Crippen molar-refractivity contribution < 1.29 is 17.7 Å². The van der Waals surface area contributed by atoms with E-state index in [4.69, 9.17) is 0 Å². The summed E-state index contributed by atoms with van der Waals surface area (Å²) in [6.45, 7) is -0.831. The highest BCUT2D eigenvalue weighted by Gasteiger charge is 2.25. The minimum absolute atomic E-state index is 0.168. The van der Waals surface area contributed by atoms with Crippen molar-refractivity contribution in [2.75, 3.05) is 13.1 Å². The van der Waals surface area contributed by atoms with Gasteiger partial charge in [0.1, 0.15) is 0 Å². The molecular weight excluding hydrogens is 187 g/mol. The maximum Gasteiger partial charge on any atom is 0.401 e. The van der Waals surface area contributed by atoms with Gasteiger partial charge in [0.25, 0.3) is 0 Å². The fraction of sp³-hybridized carbons (Fsp3) is 0.667. The summed E-state index contributed by atoms with van der Waals surface area (Å²) in [5, 5.41) is 5.52. The lowest BCUT2D eigenvalue weighted by atomic mass is 10.4. The van der Waals surface area contributed by atoms with E-state index in [0.717, 1.165) is 0 Å². The van der Waals surface area contributed by atoms with Gasteiger partial charge in [0.15, 0.2) is 6.33 Å². The zero-order chi connectivity index (χ0) is 9.73. The number of nitrogens with zero attached hydrogens (tertiary/aromatic N) is 2. The molecule has 74 valence electrons. The third-order valence-corrected chi connectivity index (χ3v) is 1.25. The fourth-order valence-electron chi connectivity index (χ4n) is 0.732. The predicted octanol–water partition coefficient (Wildman–Crippen LogP) is 0.764. The van der Waals surface area contributed by atoms with Crippen molar-refractivity contribution in [2.45, 2.75) is 12.6 Å². The molecular formula is C6H8F3N3O. The first-order chi connectivity index (χ1) is 6.08. The molecule has 1 heterocycles. The van der Waals surface area contributed by atoms with Gasteiger partial charge in [-0.3, -0.25) is 0 Å². The van der Waals surface area contributed by atoms with Crippen LogP contribution in [0.1, 0.15) is 5.89 Å². The molecule has 1 rings (SSSR count). The molecule has 0 fully saturated rings. The van der Waals surface area contributed by atoms with E-state index < -0.39 is 12.7 Å². The van der Waals surface area contributed by atoms with E-state index in [1.54, 1.807) is 0 Å². The lowest BCUT2D eigenvalue weighted by Crippen LogP contribution is -2.30. The molecule has 0 saturated heterocycles. The molecule has 1 aromatic heterocycles. The van der Waals surface area contributed by atoms with Crippen LogP contribution in [-0.4, -0.2) is 29.4 Å². The lowest BCUT2D eigenvalue weighted by Gasteiger charge is -2.06. The predicted molar refractivity (Wildman–Crippen MR) is 36.9 cm³/mol. The zero-order valence-electron chi connectivity index (χ0n) is 6.64. The summed E-state index contributed by atoms with van der Waals surface area (Å²) in [5.41, 5.74) is 0. The van der Waals surface area contributed by atoms with Crippen molar-refractivity contribution in [1.29, 1.82) is 0 Å². The quantitative estimate of drug-likeness (QED) is 0.721. The third-order valence-electron chi connectivity index (χ3n) is 1.25. The first-order valence-corrected chi connectivity index (χ1v) is 3.61. The van der Waals surface area contributed by atoms with Crippen molar-refractivity contribution >= 4 is 0 Å².